The first kappa shape index (κ1) is 25.9. The van der Waals surface area contributed by atoms with E-state index in [9.17, 15) is 9.59 Å². The van der Waals surface area contributed by atoms with E-state index >= 15 is 0 Å². The van der Waals surface area contributed by atoms with Crippen molar-refractivity contribution in [1.29, 1.82) is 0 Å². The highest BCUT2D eigenvalue weighted by molar-refractivity contribution is 7.49. The van der Waals surface area contributed by atoms with Gasteiger partial charge in [-0.25, -0.2) is 4.79 Å². The van der Waals surface area contributed by atoms with Crippen LogP contribution in [0.5, 0.6) is 5.75 Å². The zero-order chi connectivity index (χ0) is 24.9. The van der Waals surface area contributed by atoms with Gasteiger partial charge in [-0.15, -0.1) is 0 Å². The zero-order valence-electron chi connectivity index (χ0n) is 19.5. The summed E-state index contributed by atoms with van der Waals surface area (Å²) in [6.07, 6.45) is 2.44. The largest absolute Gasteiger partial charge is 0.461 e. The molecule has 3 rings (SSSR count). The van der Waals surface area contributed by atoms with Crippen LogP contribution in [0, 0.1) is 0 Å². The molecular formula is C27H28NO6P. The van der Waals surface area contributed by atoms with Gasteiger partial charge in [0.15, 0.2) is 0 Å². The fourth-order valence-electron chi connectivity index (χ4n) is 2.98. The third kappa shape index (κ3) is 8.89. The van der Waals surface area contributed by atoms with Gasteiger partial charge in [0.2, 0.25) is 0 Å². The SMILES string of the molecule is C=CCOC(=O)CCc1ccc(NP(OC)Oc2ccc(C(=O)OCc3ccccc3)cc2)cc1. The molecule has 0 spiro atoms. The van der Waals surface area contributed by atoms with E-state index in [1.165, 1.54) is 0 Å². The third-order valence-corrected chi connectivity index (χ3v) is 5.96. The van der Waals surface area contributed by atoms with Crippen LogP contribution in [0.1, 0.15) is 27.9 Å². The smallest absolute Gasteiger partial charge is 0.349 e. The maximum Gasteiger partial charge on any atom is 0.349 e. The lowest BCUT2D eigenvalue weighted by atomic mass is 10.1. The molecule has 0 amide bonds. The lowest BCUT2D eigenvalue weighted by molar-refractivity contribution is -0.142. The molecule has 7 nitrogen and oxygen atoms in total. The van der Waals surface area contributed by atoms with Gasteiger partial charge in [-0.05, 0) is 53.9 Å². The molecule has 35 heavy (non-hydrogen) atoms. The van der Waals surface area contributed by atoms with Crippen molar-refractivity contribution < 1.29 is 28.1 Å². The fraction of sp³-hybridized carbons (Fsp3) is 0.185. The van der Waals surface area contributed by atoms with E-state index in [0.29, 0.717) is 24.2 Å². The van der Waals surface area contributed by atoms with Gasteiger partial charge in [0, 0.05) is 19.2 Å². The zero-order valence-corrected chi connectivity index (χ0v) is 20.4. The van der Waals surface area contributed by atoms with Crippen LogP contribution < -0.4 is 9.61 Å². The number of rotatable bonds is 13. The Morgan fingerprint density at radius 3 is 2.29 bits per heavy atom. The second kappa shape index (κ2) is 13.9. The molecule has 182 valence electrons. The number of ether oxygens (including phenoxy) is 2. The quantitative estimate of drug-likeness (QED) is 0.176. The number of carbonyl (C=O) groups excluding carboxylic acids is 2. The third-order valence-electron chi connectivity index (χ3n) is 4.81. The molecule has 0 radical (unpaired) electrons. The average Bonchev–Trinajstić information content (AvgIpc) is 2.90. The van der Waals surface area contributed by atoms with Crippen molar-refractivity contribution in [1.82, 2.24) is 0 Å². The summed E-state index contributed by atoms with van der Waals surface area (Å²) in [5, 5.41) is 3.20. The Labute approximate surface area is 206 Å². The lowest BCUT2D eigenvalue weighted by Gasteiger charge is -2.17. The lowest BCUT2D eigenvalue weighted by Crippen LogP contribution is -2.06. The summed E-state index contributed by atoms with van der Waals surface area (Å²) in [5.41, 5.74) is 3.20. The van der Waals surface area contributed by atoms with E-state index in [-0.39, 0.29) is 19.2 Å². The summed E-state index contributed by atoms with van der Waals surface area (Å²) in [7, 11) is 0.0954. The number of benzene rings is 3. The highest BCUT2D eigenvalue weighted by atomic mass is 31.2. The highest BCUT2D eigenvalue weighted by Gasteiger charge is 2.13. The van der Waals surface area contributed by atoms with Crippen LogP contribution >= 0.6 is 8.53 Å². The highest BCUT2D eigenvalue weighted by Crippen LogP contribution is 2.39. The molecular weight excluding hydrogens is 465 g/mol. The second-order valence-electron chi connectivity index (χ2n) is 7.40. The van der Waals surface area contributed by atoms with Crippen molar-refractivity contribution in [3.63, 3.8) is 0 Å². The Hall–Kier alpha value is -3.67. The van der Waals surface area contributed by atoms with E-state index in [2.05, 4.69) is 11.7 Å². The summed E-state index contributed by atoms with van der Waals surface area (Å²) in [6.45, 7) is 3.97. The predicted molar refractivity (Wildman–Crippen MR) is 136 cm³/mol. The molecule has 0 saturated heterocycles. The summed E-state index contributed by atoms with van der Waals surface area (Å²) in [4.78, 5) is 23.9. The molecule has 0 bridgehead atoms. The van der Waals surface area contributed by atoms with Crippen LogP contribution in [0.2, 0.25) is 0 Å². The Morgan fingerprint density at radius 2 is 1.63 bits per heavy atom. The molecule has 1 N–H and O–H groups in total. The van der Waals surface area contributed by atoms with E-state index in [0.717, 1.165) is 16.8 Å². The molecule has 3 aromatic rings. The van der Waals surface area contributed by atoms with Crippen molar-refractivity contribution in [3.05, 3.63) is 108 Å². The topological polar surface area (TPSA) is 83.1 Å². The number of carbonyl (C=O) groups is 2. The van der Waals surface area contributed by atoms with Gasteiger partial charge >= 0.3 is 20.5 Å². The number of anilines is 1. The van der Waals surface area contributed by atoms with Gasteiger partial charge in [0.1, 0.15) is 19.0 Å². The standard InChI is InChI=1S/C27H28NO6P/c1-3-19-32-26(29)18-11-21-9-14-24(15-10-21)28-35(31-2)34-25-16-12-23(13-17-25)27(30)33-20-22-7-5-4-6-8-22/h3-10,12-17,28H,1,11,18-20H2,2H3. The minimum absolute atomic E-state index is 0.217. The van der Waals surface area contributed by atoms with Crippen LogP contribution in [0.15, 0.2) is 91.5 Å². The van der Waals surface area contributed by atoms with Gasteiger partial charge in [-0.3, -0.25) is 4.79 Å². The number of nitrogens with one attached hydrogen (secondary N) is 1. The van der Waals surface area contributed by atoms with E-state index in [1.807, 2.05) is 54.6 Å². The molecule has 1 unspecified atom stereocenters. The summed E-state index contributed by atoms with van der Waals surface area (Å²) >= 11 is 0. The normalized spacial score (nSPS) is 11.2. The Balaban J connectivity index is 1.47. The average molecular weight is 493 g/mol. The first-order valence-corrected chi connectivity index (χ1v) is 12.2. The van der Waals surface area contributed by atoms with E-state index < -0.39 is 14.5 Å². The van der Waals surface area contributed by atoms with E-state index in [4.69, 9.17) is 18.5 Å². The molecule has 3 aromatic carbocycles. The maximum absolute atomic E-state index is 12.3. The van der Waals surface area contributed by atoms with Gasteiger partial charge in [-0.2, -0.15) is 0 Å². The molecule has 8 heteroatoms. The number of esters is 2. The van der Waals surface area contributed by atoms with Crippen molar-refractivity contribution in [2.75, 3.05) is 18.8 Å². The monoisotopic (exact) mass is 493 g/mol. The Kier molecular flexibility index (Phi) is 10.3. The van der Waals surface area contributed by atoms with Crippen molar-refractivity contribution in [2.45, 2.75) is 19.4 Å². The summed E-state index contributed by atoms with van der Waals surface area (Å²) < 4.78 is 21.7. The van der Waals surface area contributed by atoms with Crippen LogP contribution in [-0.4, -0.2) is 25.7 Å². The molecule has 0 heterocycles. The maximum atomic E-state index is 12.3. The van der Waals surface area contributed by atoms with Crippen molar-refractivity contribution in [3.8, 4) is 5.75 Å². The minimum atomic E-state index is -1.46. The summed E-state index contributed by atoms with van der Waals surface area (Å²) in [5.74, 6) is -0.0970. The van der Waals surface area contributed by atoms with Gasteiger partial charge < -0.3 is 23.6 Å². The van der Waals surface area contributed by atoms with Crippen LogP contribution in [0.3, 0.4) is 0 Å². The van der Waals surface area contributed by atoms with Crippen molar-refractivity contribution >= 4 is 26.2 Å². The minimum Gasteiger partial charge on any atom is -0.461 e. The molecule has 0 aromatic heterocycles. The second-order valence-corrected chi connectivity index (χ2v) is 8.68. The first-order chi connectivity index (χ1) is 17.1. The fourth-order valence-corrected chi connectivity index (χ4v) is 3.87. The van der Waals surface area contributed by atoms with E-state index in [1.54, 1.807) is 37.5 Å². The van der Waals surface area contributed by atoms with Crippen LogP contribution in [0.25, 0.3) is 0 Å². The number of aryl methyl sites for hydroxylation is 1. The number of hydrogen-bond donors (Lipinski definition) is 1. The summed E-state index contributed by atoms with van der Waals surface area (Å²) in [6, 6.07) is 23.9. The molecule has 0 saturated carbocycles. The van der Waals surface area contributed by atoms with Crippen LogP contribution in [0.4, 0.5) is 5.69 Å². The first-order valence-electron chi connectivity index (χ1n) is 11.0. The van der Waals surface area contributed by atoms with Crippen molar-refractivity contribution in [2.24, 2.45) is 0 Å². The van der Waals surface area contributed by atoms with Gasteiger partial charge in [0.25, 0.3) is 0 Å². The molecule has 0 aliphatic heterocycles. The molecule has 0 aliphatic rings. The Morgan fingerprint density at radius 1 is 0.914 bits per heavy atom. The van der Waals surface area contributed by atoms with Gasteiger partial charge in [0.05, 0.1) is 5.56 Å². The Bertz CT molecular complexity index is 1090. The van der Waals surface area contributed by atoms with Gasteiger partial charge in [-0.1, -0.05) is 55.1 Å². The molecule has 0 fully saturated rings. The molecule has 0 aliphatic carbocycles. The molecule has 1 atom stereocenters. The number of hydrogen-bond acceptors (Lipinski definition) is 7. The van der Waals surface area contributed by atoms with Crippen LogP contribution in [-0.2, 0) is 31.8 Å². The predicted octanol–water partition coefficient (Wildman–Crippen LogP) is 6.07.